The molecule has 2 aromatic heterocycles. The normalized spacial score (nSPS) is 15.2. The predicted octanol–water partition coefficient (Wildman–Crippen LogP) is 2.88. The minimum absolute atomic E-state index is 0.366. The Kier molecular flexibility index (Phi) is 5.04. The fourth-order valence-corrected chi connectivity index (χ4v) is 3.50. The lowest BCUT2D eigenvalue weighted by atomic mass is 10.1. The number of aryl methyl sites for hydroxylation is 2. The van der Waals surface area contributed by atoms with Crippen LogP contribution in [0.15, 0.2) is 36.4 Å². The number of aromatic nitrogens is 4. The second-order valence-electron chi connectivity index (χ2n) is 7.09. The van der Waals surface area contributed by atoms with Crippen molar-refractivity contribution in [2.75, 3.05) is 31.1 Å². The molecule has 0 amide bonds. The fourth-order valence-electron chi connectivity index (χ4n) is 3.50. The van der Waals surface area contributed by atoms with Gasteiger partial charge in [0.15, 0.2) is 11.6 Å². The van der Waals surface area contributed by atoms with E-state index in [2.05, 4.69) is 25.1 Å². The molecule has 1 fully saturated rings. The van der Waals surface area contributed by atoms with E-state index < -0.39 is 5.82 Å². The Morgan fingerprint density at radius 3 is 2.25 bits per heavy atom. The number of halogens is 2. The molecule has 0 bridgehead atoms. The van der Waals surface area contributed by atoms with Crippen LogP contribution in [-0.2, 0) is 6.54 Å². The largest absolute Gasteiger partial charge is 0.353 e. The first kappa shape index (κ1) is 18.5. The van der Waals surface area contributed by atoms with Crippen molar-refractivity contribution in [3.8, 4) is 5.82 Å². The smallest absolute Gasteiger partial charge is 0.176 e. The van der Waals surface area contributed by atoms with Gasteiger partial charge >= 0.3 is 0 Å². The maximum atomic E-state index is 13.8. The maximum absolute atomic E-state index is 13.8. The van der Waals surface area contributed by atoms with E-state index >= 15 is 0 Å². The van der Waals surface area contributed by atoms with E-state index in [4.69, 9.17) is 0 Å². The number of anilines is 1. The minimum atomic E-state index is -0.409. The lowest BCUT2D eigenvalue weighted by Crippen LogP contribution is -2.46. The first-order valence-corrected chi connectivity index (χ1v) is 9.28. The van der Waals surface area contributed by atoms with E-state index in [1.165, 1.54) is 12.1 Å². The molecule has 1 aliphatic heterocycles. The van der Waals surface area contributed by atoms with Crippen LogP contribution in [0.1, 0.15) is 17.0 Å². The number of hydrogen-bond acceptors (Lipinski definition) is 5. The molecule has 4 rings (SSSR count). The highest BCUT2D eigenvalue weighted by Crippen LogP contribution is 2.18. The topological polar surface area (TPSA) is 50.1 Å². The van der Waals surface area contributed by atoms with Crippen LogP contribution < -0.4 is 4.90 Å². The molecule has 0 atom stereocenters. The van der Waals surface area contributed by atoms with Gasteiger partial charge in [-0.05, 0) is 50.2 Å². The Bertz CT molecular complexity index is 961. The van der Waals surface area contributed by atoms with Crippen LogP contribution in [-0.4, -0.2) is 51.1 Å². The number of benzene rings is 1. The first-order valence-electron chi connectivity index (χ1n) is 9.28. The highest BCUT2D eigenvalue weighted by Gasteiger charge is 2.20. The van der Waals surface area contributed by atoms with Crippen molar-refractivity contribution in [2.24, 2.45) is 0 Å². The minimum Gasteiger partial charge on any atom is -0.353 e. The average Bonchev–Trinajstić information content (AvgIpc) is 3.03. The second kappa shape index (κ2) is 7.63. The predicted molar refractivity (Wildman–Crippen MR) is 102 cm³/mol. The van der Waals surface area contributed by atoms with Crippen LogP contribution >= 0.6 is 0 Å². The van der Waals surface area contributed by atoms with Gasteiger partial charge in [-0.25, -0.2) is 13.5 Å². The molecular formula is C20H22F2N6. The number of nitrogens with zero attached hydrogens (tertiary/aromatic N) is 6. The molecule has 3 heterocycles. The first-order chi connectivity index (χ1) is 13.5. The summed E-state index contributed by atoms with van der Waals surface area (Å²) in [5.74, 6) is 0.721. The Hall–Kier alpha value is -2.87. The van der Waals surface area contributed by atoms with E-state index in [-0.39, 0.29) is 5.82 Å². The van der Waals surface area contributed by atoms with E-state index in [0.717, 1.165) is 49.5 Å². The van der Waals surface area contributed by atoms with Crippen LogP contribution in [0.3, 0.4) is 0 Å². The van der Waals surface area contributed by atoms with Crippen LogP contribution in [0.25, 0.3) is 5.82 Å². The van der Waals surface area contributed by atoms with Crippen LogP contribution in [0.4, 0.5) is 14.6 Å². The molecule has 0 spiro atoms. The third-order valence-corrected chi connectivity index (χ3v) is 4.96. The van der Waals surface area contributed by atoms with Crippen molar-refractivity contribution in [3.63, 3.8) is 0 Å². The maximum Gasteiger partial charge on any atom is 0.176 e. The lowest BCUT2D eigenvalue weighted by Gasteiger charge is -2.35. The van der Waals surface area contributed by atoms with Gasteiger partial charge in [-0.1, -0.05) is 0 Å². The summed E-state index contributed by atoms with van der Waals surface area (Å²) in [6.07, 6.45) is 0. The third kappa shape index (κ3) is 3.87. The molecular weight excluding hydrogens is 362 g/mol. The quantitative estimate of drug-likeness (QED) is 0.692. The molecule has 0 unspecified atom stereocenters. The van der Waals surface area contributed by atoms with Gasteiger partial charge in [-0.15, -0.1) is 10.2 Å². The molecule has 146 valence electrons. The van der Waals surface area contributed by atoms with Crippen molar-refractivity contribution < 1.29 is 8.78 Å². The van der Waals surface area contributed by atoms with Gasteiger partial charge in [0, 0.05) is 44.0 Å². The summed E-state index contributed by atoms with van der Waals surface area (Å²) in [4.78, 5) is 4.27. The Morgan fingerprint density at radius 1 is 0.893 bits per heavy atom. The molecule has 28 heavy (non-hydrogen) atoms. The van der Waals surface area contributed by atoms with Crippen molar-refractivity contribution in [2.45, 2.75) is 20.4 Å². The van der Waals surface area contributed by atoms with Crippen molar-refractivity contribution in [1.82, 2.24) is 24.9 Å². The van der Waals surface area contributed by atoms with Gasteiger partial charge in [0.25, 0.3) is 0 Å². The van der Waals surface area contributed by atoms with Crippen molar-refractivity contribution in [1.29, 1.82) is 0 Å². The number of rotatable bonds is 4. The summed E-state index contributed by atoms with van der Waals surface area (Å²) < 4.78 is 29.0. The highest BCUT2D eigenvalue weighted by atomic mass is 19.1. The average molecular weight is 384 g/mol. The van der Waals surface area contributed by atoms with Crippen LogP contribution in [0.5, 0.6) is 0 Å². The zero-order valence-corrected chi connectivity index (χ0v) is 15.9. The van der Waals surface area contributed by atoms with Gasteiger partial charge in [-0.3, -0.25) is 4.90 Å². The summed E-state index contributed by atoms with van der Waals surface area (Å²) in [5.41, 5.74) is 2.34. The van der Waals surface area contributed by atoms with E-state index in [9.17, 15) is 8.78 Å². The van der Waals surface area contributed by atoms with E-state index in [1.54, 1.807) is 4.68 Å². The van der Waals surface area contributed by atoms with Gasteiger partial charge in [0.05, 0.1) is 5.69 Å². The SMILES string of the molecule is Cc1cc(C)n(-c2ccc(N3CCN(Cc4cc(F)ccc4F)CC3)nn2)n1. The Balaban J connectivity index is 1.38. The van der Waals surface area contributed by atoms with E-state index in [1.807, 2.05) is 32.0 Å². The van der Waals surface area contributed by atoms with Crippen LogP contribution in [0, 0.1) is 25.5 Å². The Labute approximate surface area is 162 Å². The van der Waals surface area contributed by atoms with Crippen molar-refractivity contribution >= 4 is 5.82 Å². The van der Waals surface area contributed by atoms with Gasteiger partial charge in [-0.2, -0.15) is 5.10 Å². The second-order valence-corrected chi connectivity index (χ2v) is 7.09. The molecule has 3 aromatic rings. The summed E-state index contributed by atoms with van der Waals surface area (Å²) in [6.45, 7) is 7.33. The molecule has 0 radical (unpaired) electrons. The summed E-state index contributed by atoms with van der Waals surface area (Å²) in [6, 6.07) is 9.45. The van der Waals surface area contributed by atoms with Gasteiger partial charge < -0.3 is 4.90 Å². The Morgan fingerprint density at radius 2 is 1.61 bits per heavy atom. The summed E-state index contributed by atoms with van der Waals surface area (Å²) >= 11 is 0. The van der Waals surface area contributed by atoms with E-state index in [0.29, 0.717) is 17.9 Å². The van der Waals surface area contributed by atoms with Crippen molar-refractivity contribution in [3.05, 3.63) is 65.0 Å². The zero-order chi connectivity index (χ0) is 19.7. The standard InChI is InChI=1S/C20H22F2N6/c1-14-11-15(2)28(25-14)20-6-5-19(23-24-20)27-9-7-26(8-10-27)13-16-12-17(21)3-4-18(16)22/h3-6,11-12H,7-10,13H2,1-2H3. The molecule has 6 nitrogen and oxygen atoms in total. The zero-order valence-electron chi connectivity index (χ0n) is 15.9. The third-order valence-electron chi connectivity index (χ3n) is 4.96. The molecule has 1 aliphatic rings. The number of piperazine rings is 1. The molecule has 8 heteroatoms. The summed E-state index contributed by atoms with van der Waals surface area (Å²) in [7, 11) is 0. The molecule has 0 aliphatic carbocycles. The molecule has 0 N–H and O–H groups in total. The fraction of sp³-hybridized carbons (Fsp3) is 0.350. The lowest BCUT2D eigenvalue weighted by molar-refractivity contribution is 0.245. The highest BCUT2D eigenvalue weighted by molar-refractivity contribution is 5.40. The van der Waals surface area contributed by atoms with Gasteiger partial charge in [0.2, 0.25) is 0 Å². The molecule has 1 aromatic carbocycles. The van der Waals surface area contributed by atoms with Gasteiger partial charge in [0.1, 0.15) is 11.6 Å². The molecule has 0 saturated carbocycles. The number of hydrogen-bond donors (Lipinski definition) is 0. The molecule has 1 saturated heterocycles. The summed E-state index contributed by atoms with van der Waals surface area (Å²) in [5, 5.41) is 13.1. The van der Waals surface area contributed by atoms with Crippen LogP contribution in [0.2, 0.25) is 0 Å². The monoisotopic (exact) mass is 384 g/mol.